The molecule has 34 heavy (non-hydrogen) atoms. The first kappa shape index (κ1) is 24.1. The normalized spacial score (nSPS) is 15.1. The van der Waals surface area contributed by atoms with Crippen LogP contribution in [0, 0.1) is 6.92 Å². The highest BCUT2D eigenvalue weighted by Crippen LogP contribution is 2.27. The quantitative estimate of drug-likeness (QED) is 0.499. The molecule has 1 amide bonds. The van der Waals surface area contributed by atoms with Crippen molar-refractivity contribution in [1.29, 1.82) is 0 Å². The summed E-state index contributed by atoms with van der Waals surface area (Å²) in [4.78, 5) is 14.5. The molecule has 0 bridgehead atoms. The first-order valence-electron chi connectivity index (χ1n) is 10.8. The van der Waals surface area contributed by atoms with E-state index in [1.807, 2.05) is 55.5 Å². The van der Waals surface area contributed by atoms with Gasteiger partial charge in [0, 0.05) is 54.2 Å². The van der Waals surface area contributed by atoms with Crippen LogP contribution in [0.2, 0.25) is 5.02 Å². The maximum absolute atomic E-state index is 12.3. The Morgan fingerprint density at radius 3 is 2.38 bits per heavy atom. The second kappa shape index (κ2) is 10.0. The van der Waals surface area contributed by atoms with Gasteiger partial charge in [0.25, 0.3) is 0 Å². The molecule has 0 saturated carbocycles. The molecule has 1 aromatic heterocycles. The molecule has 0 aliphatic carbocycles. The van der Waals surface area contributed by atoms with E-state index in [-0.39, 0.29) is 5.91 Å². The topological polar surface area (TPSA) is 82.9 Å². The van der Waals surface area contributed by atoms with Crippen molar-refractivity contribution in [2.75, 3.05) is 42.7 Å². The van der Waals surface area contributed by atoms with Gasteiger partial charge in [-0.3, -0.25) is 4.79 Å². The smallest absolute Gasteiger partial charge is 0.248 e. The fourth-order valence-electron chi connectivity index (χ4n) is 3.72. The predicted octanol–water partition coefficient (Wildman–Crippen LogP) is 4.64. The minimum atomic E-state index is -3.15. The third-order valence-electron chi connectivity index (χ3n) is 5.69. The molecule has 9 heteroatoms. The molecule has 7 nitrogen and oxygen atoms in total. The molecule has 0 unspecified atom stereocenters. The average molecular weight is 500 g/mol. The van der Waals surface area contributed by atoms with Gasteiger partial charge in [0.05, 0.1) is 6.26 Å². The summed E-state index contributed by atoms with van der Waals surface area (Å²) >= 11 is 6.19. The number of anilines is 2. The van der Waals surface area contributed by atoms with Gasteiger partial charge in [0.2, 0.25) is 15.9 Å². The SMILES string of the molecule is Cc1ccc(-c2ccc(C=CC(=O)Nc3ccc(N4CCN(S(C)(=O)=O)CC4)cc3)o2)cc1Cl. The fourth-order valence-corrected chi connectivity index (χ4v) is 4.73. The van der Waals surface area contributed by atoms with E-state index in [0.29, 0.717) is 48.4 Å². The Balaban J connectivity index is 1.32. The number of hydrogen-bond donors (Lipinski definition) is 1. The van der Waals surface area contributed by atoms with Crippen LogP contribution in [-0.2, 0) is 14.8 Å². The maximum atomic E-state index is 12.3. The highest BCUT2D eigenvalue weighted by atomic mass is 35.5. The zero-order chi connectivity index (χ0) is 24.3. The molecule has 0 atom stereocenters. The van der Waals surface area contributed by atoms with E-state index in [9.17, 15) is 13.2 Å². The number of carbonyl (C=O) groups excluding carboxylic acids is 1. The van der Waals surface area contributed by atoms with Gasteiger partial charge in [0.15, 0.2) is 0 Å². The zero-order valence-corrected chi connectivity index (χ0v) is 20.6. The van der Waals surface area contributed by atoms with E-state index in [0.717, 1.165) is 16.8 Å². The molecule has 2 aromatic carbocycles. The summed E-state index contributed by atoms with van der Waals surface area (Å²) in [6, 6.07) is 16.9. The number of furan rings is 1. The average Bonchev–Trinajstić information content (AvgIpc) is 3.29. The lowest BCUT2D eigenvalue weighted by molar-refractivity contribution is -0.111. The van der Waals surface area contributed by atoms with Crippen LogP contribution in [0.25, 0.3) is 17.4 Å². The number of aryl methyl sites for hydroxylation is 1. The third-order valence-corrected chi connectivity index (χ3v) is 7.40. The number of hydrogen-bond acceptors (Lipinski definition) is 5. The number of rotatable bonds is 6. The van der Waals surface area contributed by atoms with Crippen molar-refractivity contribution in [1.82, 2.24) is 4.31 Å². The van der Waals surface area contributed by atoms with Gasteiger partial charge >= 0.3 is 0 Å². The van der Waals surface area contributed by atoms with E-state index in [2.05, 4.69) is 10.2 Å². The Hall–Kier alpha value is -3.07. The summed E-state index contributed by atoms with van der Waals surface area (Å²) in [5, 5.41) is 3.50. The molecule has 1 N–H and O–H groups in total. The van der Waals surface area contributed by atoms with Crippen molar-refractivity contribution in [2.45, 2.75) is 6.92 Å². The van der Waals surface area contributed by atoms with Crippen molar-refractivity contribution >= 4 is 45.0 Å². The lowest BCUT2D eigenvalue weighted by atomic mass is 10.1. The first-order chi connectivity index (χ1) is 16.2. The minimum Gasteiger partial charge on any atom is -0.457 e. The summed E-state index contributed by atoms with van der Waals surface area (Å²) in [5.41, 5.74) is 3.53. The standard InChI is InChI=1S/C25H26ClN3O4S/c1-18-3-4-19(17-23(18)26)24-11-9-22(33-24)10-12-25(30)27-20-5-7-21(8-6-20)28-13-15-29(16-14-28)34(2,31)32/h3-12,17H,13-16H2,1-2H3,(H,27,30). The molecule has 1 aliphatic heterocycles. The van der Waals surface area contributed by atoms with Gasteiger partial charge in [-0.15, -0.1) is 0 Å². The van der Waals surface area contributed by atoms with E-state index in [1.165, 1.54) is 16.6 Å². The first-order valence-corrected chi connectivity index (χ1v) is 13.1. The van der Waals surface area contributed by atoms with Crippen LogP contribution in [0.1, 0.15) is 11.3 Å². The Morgan fingerprint density at radius 1 is 1.03 bits per heavy atom. The lowest BCUT2D eigenvalue weighted by Gasteiger charge is -2.34. The zero-order valence-electron chi connectivity index (χ0n) is 19.0. The minimum absolute atomic E-state index is 0.272. The van der Waals surface area contributed by atoms with Crippen LogP contribution in [0.3, 0.4) is 0 Å². The van der Waals surface area contributed by atoms with Crippen molar-refractivity contribution < 1.29 is 17.6 Å². The molecule has 4 rings (SSSR count). The number of nitrogens with zero attached hydrogens (tertiary/aromatic N) is 2. The molecule has 2 heterocycles. The Kier molecular flexibility index (Phi) is 7.11. The van der Waals surface area contributed by atoms with Crippen LogP contribution >= 0.6 is 11.6 Å². The number of halogens is 1. The van der Waals surface area contributed by atoms with Crippen molar-refractivity contribution in [2.24, 2.45) is 0 Å². The van der Waals surface area contributed by atoms with Crippen LogP contribution in [-0.4, -0.2) is 51.1 Å². The Morgan fingerprint density at radius 2 is 1.74 bits per heavy atom. The van der Waals surface area contributed by atoms with E-state index in [4.69, 9.17) is 16.0 Å². The number of piperazine rings is 1. The second-order valence-corrected chi connectivity index (χ2v) is 10.6. The summed E-state index contributed by atoms with van der Waals surface area (Å²) in [5.74, 6) is 0.964. The largest absolute Gasteiger partial charge is 0.457 e. The van der Waals surface area contributed by atoms with E-state index < -0.39 is 10.0 Å². The molecule has 1 fully saturated rings. The third kappa shape index (κ3) is 5.88. The summed E-state index contributed by atoms with van der Waals surface area (Å²) in [7, 11) is -3.15. The van der Waals surface area contributed by atoms with Crippen molar-refractivity contribution in [3.05, 3.63) is 77.0 Å². The van der Waals surface area contributed by atoms with Gasteiger partial charge < -0.3 is 14.6 Å². The number of sulfonamides is 1. The molecule has 0 spiro atoms. The van der Waals surface area contributed by atoms with Gasteiger partial charge in [-0.1, -0.05) is 23.7 Å². The monoisotopic (exact) mass is 499 g/mol. The van der Waals surface area contributed by atoms with Crippen LogP contribution < -0.4 is 10.2 Å². The molecule has 3 aromatic rings. The lowest BCUT2D eigenvalue weighted by Crippen LogP contribution is -2.48. The molecular formula is C25H26ClN3O4S. The number of carbonyl (C=O) groups is 1. The Labute approximate surface area is 204 Å². The predicted molar refractivity (Wildman–Crippen MR) is 137 cm³/mol. The second-order valence-electron chi connectivity index (χ2n) is 8.18. The van der Waals surface area contributed by atoms with Crippen molar-refractivity contribution in [3.8, 4) is 11.3 Å². The van der Waals surface area contributed by atoms with Gasteiger partial charge in [0.1, 0.15) is 11.5 Å². The highest BCUT2D eigenvalue weighted by molar-refractivity contribution is 7.88. The fraction of sp³-hybridized carbons (Fsp3) is 0.240. The van der Waals surface area contributed by atoms with E-state index in [1.54, 1.807) is 12.1 Å². The van der Waals surface area contributed by atoms with E-state index >= 15 is 0 Å². The highest BCUT2D eigenvalue weighted by Gasteiger charge is 2.23. The van der Waals surface area contributed by atoms with Crippen LogP contribution in [0.5, 0.6) is 0 Å². The Bertz CT molecular complexity index is 1310. The van der Waals surface area contributed by atoms with Gasteiger partial charge in [-0.2, -0.15) is 4.31 Å². The molecule has 0 radical (unpaired) electrons. The summed E-state index contributed by atoms with van der Waals surface area (Å²) < 4.78 is 30.6. The van der Waals surface area contributed by atoms with Crippen molar-refractivity contribution in [3.63, 3.8) is 0 Å². The molecule has 1 aliphatic rings. The molecular weight excluding hydrogens is 474 g/mol. The van der Waals surface area contributed by atoms with Crippen LogP contribution in [0.15, 0.2) is 65.1 Å². The summed E-state index contributed by atoms with van der Waals surface area (Å²) in [6.45, 7) is 4.13. The number of benzene rings is 2. The molecule has 178 valence electrons. The summed E-state index contributed by atoms with van der Waals surface area (Å²) in [6.07, 6.45) is 4.27. The molecule has 1 saturated heterocycles. The number of amides is 1. The van der Waals surface area contributed by atoms with Gasteiger partial charge in [-0.25, -0.2) is 8.42 Å². The number of nitrogens with one attached hydrogen (secondary N) is 1. The van der Waals surface area contributed by atoms with Crippen LogP contribution in [0.4, 0.5) is 11.4 Å². The maximum Gasteiger partial charge on any atom is 0.248 e. The van der Waals surface area contributed by atoms with Gasteiger partial charge in [-0.05, 0) is 61.0 Å².